The van der Waals surface area contributed by atoms with E-state index in [2.05, 4.69) is 17.0 Å². The van der Waals surface area contributed by atoms with Crippen molar-refractivity contribution >= 4 is 23.3 Å². The lowest BCUT2D eigenvalue weighted by Gasteiger charge is -2.23. The lowest BCUT2D eigenvalue weighted by molar-refractivity contribution is 0.121. The van der Waals surface area contributed by atoms with Gasteiger partial charge in [0.2, 0.25) is 0 Å². The molecule has 0 amide bonds. The number of oxime groups is 1. The molecule has 110 valence electrons. The van der Waals surface area contributed by atoms with E-state index in [1.165, 1.54) is 0 Å². The van der Waals surface area contributed by atoms with Crippen molar-refractivity contribution in [3.8, 4) is 0 Å². The first-order chi connectivity index (χ1) is 9.71. The van der Waals surface area contributed by atoms with Gasteiger partial charge in [-0.2, -0.15) is 0 Å². The molecule has 0 aliphatic carbocycles. The van der Waals surface area contributed by atoms with Crippen LogP contribution in [0.25, 0.3) is 0 Å². The summed E-state index contributed by atoms with van der Waals surface area (Å²) in [6.45, 7) is 3.84. The molecule has 0 spiro atoms. The van der Waals surface area contributed by atoms with Gasteiger partial charge in [0.1, 0.15) is 0 Å². The highest BCUT2D eigenvalue weighted by atomic mass is 32.2. The first-order valence-corrected chi connectivity index (χ1v) is 7.71. The first-order valence-electron chi connectivity index (χ1n) is 6.72. The number of anilines is 1. The standard InChI is InChI=1S/C14H21N3O2S/c1-3-20-12-6-4-5-11(13(12)14(15)16-18)17-8-7-10(9-17)19-2/h4-6,10,18H,3,7-9H2,1-2H3,(H2,15,16). The Morgan fingerprint density at radius 2 is 2.40 bits per heavy atom. The van der Waals surface area contributed by atoms with Crippen LogP contribution in [0.5, 0.6) is 0 Å². The van der Waals surface area contributed by atoms with Crippen LogP contribution < -0.4 is 10.6 Å². The van der Waals surface area contributed by atoms with Crippen LogP contribution in [0.3, 0.4) is 0 Å². The van der Waals surface area contributed by atoms with E-state index in [-0.39, 0.29) is 11.9 Å². The number of hydrogen-bond acceptors (Lipinski definition) is 5. The van der Waals surface area contributed by atoms with Gasteiger partial charge in [0.25, 0.3) is 0 Å². The number of nitrogens with two attached hydrogens (primary N) is 1. The molecule has 3 N–H and O–H groups in total. The fourth-order valence-corrected chi connectivity index (χ4v) is 3.34. The number of amidine groups is 1. The minimum Gasteiger partial charge on any atom is -0.409 e. The van der Waals surface area contributed by atoms with Gasteiger partial charge in [-0.3, -0.25) is 0 Å². The summed E-state index contributed by atoms with van der Waals surface area (Å²) >= 11 is 1.70. The maximum Gasteiger partial charge on any atom is 0.173 e. The predicted molar refractivity (Wildman–Crippen MR) is 83.0 cm³/mol. The second kappa shape index (κ2) is 6.85. The summed E-state index contributed by atoms with van der Waals surface area (Å²) in [6, 6.07) is 6.04. The van der Waals surface area contributed by atoms with Crippen LogP contribution in [0.1, 0.15) is 18.9 Å². The number of ether oxygens (including phenoxy) is 1. The zero-order valence-electron chi connectivity index (χ0n) is 11.9. The summed E-state index contributed by atoms with van der Waals surface area (Å²) in [7, 11) is 1.74. The van der Waals surface area contributed by atoms with Crippen LogP contribution in [0.15, 0.2) is 28.3 Å². The highest BCUT2D eigenvalue weighted by Gasteiger charge is 2.26. The molecule has 5 nitrogen and oxygen atoms in total. The Morgan fingerprint density at radius 1 is 1.60 bits per heavy atom. The van der Waals surface area contributed by atoms with Gasteiger partial charge in [-0.15, -0.1) is 11.8 Å². The van der Waals surface area contributed by atoms with Gasteiger partial charge in [0, 0.05) is 30.8 Å². The zero-order valence-corrected chi connectivity index (χ0v) is 12.7. The highest BCUT2D eigenvalue weighted by molar-refractivity contribution is 7.99. The molecule has 2 rings (SSSR count). The van der Waals surface area contributed by atoms with E-state index in [4.69, 9.17) is 15.7 Å². The highest BCUT2D eigenvalue weighted by Crippen LogP contribution is 2.32. The Kier molecular flexibility index (Phi) is 5.14. The minimum atomic E-state index is 0.164. The Morgan fingerprint density at radius 3 is 3.00 bits per heavy atom. The lowest BCUT2D eigenvalue weighted by Crippen LogP contribution is -2.26. The van der Waals surface area contributed by atoms with Gasteiger partial charge in [0.05, 0.1) is 11.7 Å². The lowest BCUT2D eigenvalue weighted by atomic mass is 10.1. The zero-order chi connectivity index (χ0) is 14.5. The molecule has 6 heteroatoms. The summed E-state index contributed by atoms with van der Waals surface area (Å²) < 4.78 is 5.41. The average Bonchev–Trinajstić information content (AvgIpc) is 2.95. The third-order valence-electron chi connectivity index (χ3n) is 3.49. The molecule has 20 heavy (non-hydrogen) atoms. The molecule has 0 aromatic heterocycles. The fraction of sp³-hybridized carbons (Fsp3) is 0.500. The van der Waals surface area contributed by atoms with Crippen molar-refractivity contribution in [1.29, 1.82) is 0 Å². The molecule has 1 fully saturated rings. The van der Waals surface area contributed by atoms with Crippen molar-refractivity contribution in [2.24, 2.45) is 10.9 Å². The maximum absolute atomic E-state index is 9.06. The Bertz CT molecular complexity index is 493. The number of nitrogens with zero attached hydrogens (tertiary/aromatic N) is 2. The number of methoxy groups -OCH3 is 1. The quantitative estimate of drug-likeness (QED) is 0.286. The van der Waals surface area contributed by atoms with Crippen molar-refractivity contribution in [2.75, 3.05) is 30.9 Å². The largest absolute Gasteiger partial charge is 0.409 e. The molecule has 1 unspecified atom stereocenters. The average molecular weight is 295 g/mol. The van der Waals surface area contributed by atoms with Crippen LogP contribution in [0, 0.1) is 0 Å². The predicted octanol–water partition coefficient (Wildman–Crippen LogP) is 2.12. The van der Waals surface area contributed by atoms with Crippen molar-refractivity contribution in [3.05, 3.63) is 23.8 Å². The summed E-state index contributed by atoms with van der Waals surface area (Å²) in [5, 5.41) is 12.3. The Balaban J connectivity index is 2.39. The number of benzene rings is 1. The molecule has 0 bridgehead atoms. The summed E-state index contributed by atoms with van der Waals surface area (Å²) in [5.74, 6) is 1.10. The smallest absolute Gasteiger partial charge is 0.173 e. The summed E-state index contributed by atoms with van der Waals surface area (Å²) in [6.07, 6.45) is 1.25. The maximum atomic E-state index is 9.06. The monoisotopic (exact) mass is 295 g/mol. The molecule has 1 heterocycles. The van der Waals surface area contributed by atoms with Gasteiger partial charge in [-0.1, -0.05) is 18.1 Å². The second-order valence-electron chi connectivity index (χ2n) is 4.66. The topological polar surface area (TPSA) is 71.1 Å². The fourth-order valence-electron chi connectivity index (χ4n) is 2.51. The molecule has 1 aliphatic heterocycles. The van der Waals surface area contributed by atoms with Gasteiger partial charge in [0.15, 0.2) is 5.84 Å². The molecule has 0 saturated carbocycles. The Labute approximate surface area is 123 Å². The molecule has 1 aromatic rings. The SMILES string of the molecule is CCSc1cccc(N2CCC(OC)C2)c1/C(N)=N/O. The number of thioether (sulfide) groups is 1. The van der Waals surface area contributed by atoms with Gasteiger partial charge in [-0.05, 0) is 24.3 Å². The van der Waals surface area contributed by atoms with E-state index in [0.717, 1.165) is 41.4 Å². The molecule has 1 saturated heterocycles. The number of rotatable bonds is 5. The van der Waals surface area contributed by atoms with Crippen LogP contribution in [-0.4, -0.2) is 43.1 Å². The van der Waals surface area contributed by atoms with Gasteiger partial charge in [-0.25, -0.2) is 0 Å². The van der Waals surface area contributed by atoms with Gasteiger partial charge < -0.3 is 20.6 Å². The van der Waals surface area contributed by atoms with Crippen LogP contribution >= 0.6 is 11.8 Å². The van der Waals surface area contributed by atoms with Crippen molar-refractivity contribution in [1.82, 2.24) is 0 Å². The van der Waals surface area contributed by atoms with E-state index in [9.17, 15) is 0 Å². The van der Waals surface area contributed by atoms with Crippen LogP contribution in [0.4, 0.5) is 5.69 Å². The summed E-state index contributed by atoms with van der Waals surface area (Å²) in [4.78, 5) is 3.28. The minimum absolute atomic E-state index is 0.164. The van der Waals surface area contributed by atoms with E-state index in [1.54, 1.807) is 18.9 Å². The molecular weight excluding hydrogens is 274 g/mol. The van der Waals surface area contributed by atoms with E-state index in [1.807, 2.05) is 18.2 Å². The summed E-state index contributed by atoms with van der Waals surface area (Å²) in [5.41, 5.74) is 7.72. The Hall–Kier alpha value is -1.40. The van der Waals surface area contributed by atoms with Crippen LogP contribution in [0.2, 0.25) is 0 Å². The second-order valence-corrected chi connectivity index (χ2v) is 5.97. The van der Waals surface area contributed by atoms with Crippen molar-refractivity contribution < 1.29 is 9.94 Å². The third-order valence-corrected chi connectivity index (χ3v) is 4.43. The molecular formula is C14H21N3O2S. The molecule has 1 aliphatic rings. The van der Waals surface area contributed by atoms with Gasteiger partial charge >= 0.3 is 0 Å². The first kappa shape index (κ1) is 15.0. The van der Waals surface area contributed by atoms with E-state index < -0.39 is 0 Å². The van der Waals surface area contributed by atoms with Crippen molar-refractivity contribution in [2.45, 2.75) is 24.3 Å². The van der Waals surface area contributed by atoms with Crippen LogP contribution in [-0.2, 0) is 4.74 Å². The number of hydrogen-bond donors (Lipinski definition) is 2. The third kappa shape index (κ3) is 3.02. The normalized spacial score (nSPS) is 19.6. The van der Waals surface area contributed by atoms with E-state index in [0.29, 0.717) is 0 Å². The van der Waals surface area contributed by atoms with E-state index >= 15 is 0 Å². The molecule has 0 radical (unpaired) electrons. The van der Waals surface area contributed by atoms with Crippen molar-refractivity contribution in [3.63, 3.8) is 0 Å². The molecule has 1 aromatic carbocycles. The molecule has 1 atom stereocenters.